The van der Waals surface area contributed by atoms with Crippen LogP contribution in [0.25, 0.3) is 5.95 Å². The van der Waals surface area contributed by atoms with Gasteiger partial charge in [0, 0.05) is 25.5 Å². The van der Waals surface area contributed by atoms with Gasteiger partial charge in [0.25, 0.3) is 5.95 Å². The predicted octanol–water partition coefficient (Wildman–Crippen LogP) is 0.825. The van der Waals surface area contributed by atoms with E-state index in [1.807, 2.05) is 6.07 Å². The number of piperidine rings is 1. The Morgan fingerprint density at radius 1 is 1.14 bits per heavy atom. The molecule has 3 N–H and O–H groups in total. The van der Waals surface area contributed by atoms with Gasteiger partial charge in [-0.15, -0.1) is 0 Å². The van der Waals surface area contributed by atoms with E-state index in [4.69, 9.17) is 5.84 Å². The van der Waals surface area contributed by atoms with Crippen LogP contribution < -0.4 is 16.2 Å². The van der Waals surface area contributed by atoms with Crippen LogP contribution in [0.15, 0.2) is 18.5 Å². The zero-order valence-electron chi connectivity index (χ0n) is 12.3. The van der Waals surface area contributed by atoms with Gasteiger partial charge in [-0.25, -0.2) is 10.5 Å². The molecule has 8 nitrogen and oxygen atoms in total. The quantitative estimate of drug-likeness (QED) is 0.637. The van der Waals surface area contributed by atoms with Crippen molar-refractivity contribution >= 4 is 11.9 Å². The van der Waals surface area contributed by atoms with E-state index >= 15 is 0 Å². The SMILES string of the molecule is CC1CC(C)CN(c2nc(NN)nc(-n3cccn3)n2)C1. The van der Waals surface area contributed by atoms with E-state index in [9.17, 15) is 0 Å². The summed E-state index contributed by atoms with van der Waals surface area (Å²) in [5.74, 6) is 8.16. The third kappa shape index (κ3) is 2.94. The highest BCUT2D eigenvalue weighted by Crippen LogP contribution is 2.24. The summed E-state index contributed by atoms with van der Waals surface area (Å²) < 4.78 is 1.60. The van der Waals surface area contributed by atoms with Crippen molar-refractivity contribution in [3.8, 4) is 5.95 Å². The van der Waals surface area contributed by atoms with E-state index in [0.717, 1.165) is 13.1 Å². The second-order valence-electron chi connectivity index (χ2n) is 5.71. The smallest absolute Gasteiger partial charge is 0.257 e. The van der Waals surface area contributed by atoms with E-state index in [2.05, 4.69) is 44.2 Å². The van der Waals surface area contributed by atoms with E-state index in [0.29, 0.717) is 29.7 Å². The molecular formula is C13H20N8. The van der Waals surface area contributed by atoms with Gasteiger partial charge >= 0.3 is 0 Å². The monoisotopic (exact) mass is 288 g/mol. The first-order chi connectivity index (χ1) is 10.2. The second kappa shape index (κ2) is 5.65. The largest absolute Gasteiger partial charge is 0.340 e. The molecule has 1 saturated heterocycles. The summed E-state index contributed by atoms with van der Waals surface area (Å²) in [6, 6.07) is 1.82. The number of nitrogen functional groups attached to an aromatic ring is 1. The summed E-state index contributed by atoms with van der Waals surface area (Å²) in [5.41, 5.74) is 2.50. The Morgan fingerprint density at radius 3 is 2.48 bits per heavy atom. The third-order valence-electron chi connectivity index (χ3n) is 3.60. The van der Waals surface area contributed by atoms with E-state index < -0.39 is 0 Å². The number of hydrogen-bond acceptors (Lipinski definition) is 7. The molecule has 0 radical (unpaired) electrons. The Balaban J connectivity index is 1.96. The van der Waals surface area contributed by atoms with Crippen LogP contribution in [0.5, 0.6) is 0 Å². The minimum absolute atomic E-state index is 0.344. The highest BCUT2D eigenvalue weighted by Gasteiger charge is 2.24. The molecule has 3 heterocycles. The normalized spacial score (nSPS) is 22.3. The lowest BCUT2D eigenvalue weighted by Crippen LogP contribution is -2.40. The molecule has 3 rings (SSSR count). The number of nitrogens with two attached hydrogens (primary N) is 1. The van der Waals surface area contributed by atoms with Crippen molar-refractivity contribution in [1.82, 2.24) is 24.7 Å². The van der Waals surface area contributed by atoms with Crippen LogP contribution in [0, 0.1) is 11.8 Å². The number of nitrogens with one attached hydrogen (secondary N) is 1. The molecule has 2 aromatic heterocycles. The molecule has 0 spiro atoms. The number of aromatic nitrogens is 5. The number of rotatable bonds is 3. The van der Waals surface area contributed by atoms with Gasteiger partial charge in [0.05, 0.1) is 0 Å². The molecule has 8 heteroatoms. The van der Waals surface area contributed by atoms with Crippen molar-refractivity contribution in [3.63, 3.8) is 0 Å². The van der Waals surface area contributed by atoms with E-state index in [1.54, 1.807) is 17.1 Å². The fourth-order valence-corrected chi connectivity index (χ4v) is 2.88. The minimum Gasteiger partial charge on any atom is -0.340 e. The number of nitrogens with zero attached hydrogens (tertiary/aromatic N) is 6. The topological polar surface area (TPSA) is 97.8 Å². The summed E-state index contributed by atoms with van der Waals surface area (Å²) in [6.45, 7) is 6.38. The average molecular weight is 288 g/mol. The molecule has 0 aliphatic carbocycles. The molecule has 0 amide bonds. The number of anilines is 2. The Bertz CT molecular complexity index is 586. The molecule has 1 fully saturated rings. The van der Waals surface area contributed by atoms with Gasteiger partial charge in [0.2, 0.25) is 11.9 Å². The first-order valence-corrected chi connectivity index (χ1v) is 7.13. The zero-order valence-corrected chi connectivity index (χ0v) is 12.3. The number of hydrazine groups is 1. The molecular weight excluding hydrogens is 268 g/mol. The zero-order chi connectivity index (χ0) is 14.8. The Labute approximate surface area is 123 Å². The van der Waals surface area contributed by atoms with Crippen molar-refractivity contribution in [2.45, 2.75) is 20.3 Å². The lowest BCUT2D eigenvalue weighted by molar-refractivity contribution is 0.353. The maximum atomic E-state index is 5.47. The van der Waals surface area contributed by atoms with Crippen molar-refractivity contribution in [2.24, 2.45) is 17.7 Å². The molecule has 21 heavy (non-hydrogen) atoms. The Hall–Kier alpha value is -2.22. The van der Waals surface area contributed by atoms with Crippen molar-refractivity contribution < 1.29 is 0 Å². The molecule has 1 aliphatic heterocycles. The molecule has 2 unspecified atom stereocenters. The van der Waals surface area contributed by atoms with Crippen LogP contribution in [0.4, 0.5) is 11.9 Å². The molecule has 0 bridgehead atoms. The standard InChI is InChI=1S/C13H20N8/c1-9-6-10(2)8-20(7-9)12-16-11(19-14)17-13(18-12)21-5-3-4-15-21/h3-5,9-10H,6-8,14H2,1-2H3,(H,16,17,18,19). The van der Waals surface area contributed by atoms with Crippen molar-refractivity contribution in [3.05, 3.63) is 18.5 Å². The predicted molar refractivity (Wildman–Crippen MR) is 79.9 cm³/mol. The first kappa shape index (κ1) is 13.7. The lowest BCUT2D eigenvalue weighted by atomic mass is 9.92. The highest BCUT2D eigenvalue weighted by atomic mass is 15.4. The summed E-state index contributed by atoms with van der Waals surface area (Å²) in [7, 11) is 0. The average Bonchev–Trinajstić information content (AvgIpc) is 3.00. The van der Waals surface area contributed by atoms with Gasteiger partial charge in [0.1, 0.15) is 0 Å². The van der Waals surface area contributed by atoms with Crippen LogP contribution in [0.3, 0.4) is 0 Å². The molecule has 0 saturated carbocycles. The van der Waals surface area contributed by atoms with Crippen LogP contribution in [0.1, 0.15) is 20.3 Å². The number of hydrogen-bond donors (Lipinski definition) is 2. The highest BCUT2D eigenvalue weighted by molar-refractivity contribution is 5.40. The minimum atomic E-state index is 0.344. The van der Waals surface area contributed by atoms with Gasteiger partial charge in [-0.1, -0.05) is 13.8 Å². The van der Waals surface area contributed by atoms with Crippen LogP contribution >= 0.6 is 0 Å². The first-order valence-electron chi connectivity index (χ1n) is 7.13. The fourth-order valence-electron chi connectivity index (χ4n) is 2.88. The third-order valence-corrected chi connectivity index (χ3v) is 3.60. The van der Waals surface area contributed by atoms with E-state index in [1.165, 1.54) is 6.42 Å². The summed E-state index contributed by atoms with van der Waals surface area (Å²) in [4.78, 5) is 15.3. The second-order valence-corrected chi connectivity index (χ2v) is 5.71. The fraction of sp³-hybridized carbons (Fsp3) is 0.538. The van der Waals surface area contributed by atoms with Crippen LogP contribution in [-0.4, -0.2) is 37.8 Å². The van der Waals surface area contributed by atoms with Crippen molar-refractivity contribution in [2.75, 3.05) is 23.4 Å². The maximum Gasteiger partial charge on any atom is 0.257 e. The van der Waals surface area contributed by atoms with Crippen molar-refractivity contribution in [1.29, 1.82) is 0 Å². The summed E-state index contributed by atoms with van der Waals surface area (Å²) in [6.07, 6.45) is 4.71. The maximum absolute atomic E-state index is 5.47. The summed E-state index contributed by atoms with van der Waals surface area (Å²) >= 11 is 0. The Morgan fingerprint density at radius 2 is 1.86 bits per heavy atom. The van der Waals surface area contributed by atoms with Gasteiger partial charge in [-0.2, -0.15) is 20.1 Å². The van der Waals surface area contributed by atoms with Gasteiger partial charge in [-0.05, 0) is 24.3 Å². The molecule has 2 aromatic rings. The summed E-state index contributed by atoms with van der Waals surface area (Å²) in [5, 5.41) is 4.15. The lowest BCUT2D eigenvalue weighted by Gasteiger charge is -2.35. The molecule has 2 atom stereocenters. The van der Waals surface area contributed by atoms with Crippen LogP contribution in [-0.2, 0) is 0 Å². The molecule has 0 aromatic carbocycles. The molecule has 112 valence electrons. The van der Waals surface area contributed by atoms with Crippen LogP contribution in [0.2, 0.25) is 0 Å². The van der Waals surface area contributed by atoms with Gasteiger partial charge in [0.15, 0.2) is 0 Å². The van der Waals surface area contributed by atoms with Gasteiger partial charge in [-0.3, -0.25) is 5.43 Å². The van der Waals surface area contributed by atoms with Gasteiger partial charge < -0.3 is 4.90 Å². The molecule has 1 aliphatic rings. The Kier molecular flexibility index (Phi) is 3.70. The van der Waals surface area contributed by atoms with E-state index in [-0.39, 0.29) is 0 Å².